The first kappa shape index (κ1) is 15.0. The van der Waals surface area contributed by atoms with Gasteiger partial charge in [-0.15, -0.1) is 0 Å². The van der Waals surface area contributed by atoms with Crippen LogP contribution in [0.2, 0.25) is 0 Å². The van der Waals surface area contributed by atoms with Gasteiger partial charge in [-0.2, -0.15) is 5.10 Å². The van der Waals surface area contributed by atoms with Crippen molar-refractivity contribution < 1.29 is 9.90 Å². The van der Waals surface area contributed by atoms with Gasteiger partial charge < -0.3 is 5.11 Å². The number of hydrogen-bond acceptors (Lipinski definition) is 3. The Labute approximate surface area is 134 Å². The van der Waals surface area contributed by atoms with Crippen LogP contribution in [0.3, 0.4) is 0 Å². The zero-order chi connectivity index (χ0) is 16.4. The highest BCUT2D eigenvalue weighted by atomic mass is 16.4. The van der Waals surface area contributed by atoms with Gasteiger partial charge in [0.1, 0.15) is 12.2 Å². The lowest BCUT2D eigenvalue weighted by molar-refractivity contribution is -0.137. The molecule has 3 aromatic rings. The van der Waals surface area contributed by atoms with Gasteiger partial charge in [-0.3, -0.25) is 14.5 Å². The maximum absolute atomic E-state index is 11.1. The molecule has 2 aromatic heterocycles. The molecule has 0 unspecified atom stereocenters. The molecular formula is C18H17N3O2. The highest BCUT2D eigenvalue weighted by Gasteiger charge is 2.14. The van der Waals surface area contributed by atoms with Crippen molar-refractivity contribution in [1.82, 2.24) is 14.8 Å². The first-order valence-corrected chi connectivity index (χ1v) is 7.34. The Balaban J connectivity index is 2.10. The van der Waals surface area contributed by atoms with Crippen LogP contribution < -0.4 is 0 Å². The molecule has 0 bridgehead atoms. The predicted molar refractivity (Wildman–Crippen MR) is 88.0 cm³/mol. The van der Waals surface area contributed by atoms with Crippen molar-refractivity contribution in [3.05, 3.63) is 59.8 Å². The summed E-state index contributed by atoms with van der Waals surface area (Å²) < 4.78 is 1.50. The van der Waals surface area contributed by atoms with Crippen LogP contribution >= 0.6 is 0 Å². The largest absolute Gasteiger partial charge is 0.480 e. The van der Waals surface area contributed by atoms with Crippen LogP contribution in [-0.4, -0.2) is 25.8 Å². The number of carboxylic acids is 1. The van der Waals surface area contributed by atoms with Gasteiger partial charge >= 0.3 is 5.97 Å². The molecule has 0 radical (unpaired) electrons. The fourth-order valence-corrected chi connectivity index (χ4v) is 2.41. The Hall–Kier alpha value is -2.95. The molecule has 0 aliphatic heterocycles. The summed E-state index contributed by atoms with van der Waals surface area (Å²) in [6.45, 7) is 3.77. The van der Waals surface area contributed by atoms with E-state index in [1.165, 1.54) is 4.68 Å². The fraction of sp³-hybridized carbons (Fsp3) is 0.167. The third-order valence-corrected chi connectivity index (χ3v) is 3.75. The summed E-state index contributed by atoms with van der Waals surface area (Å²) in [5.74, 6) is -0.926. The quantitative estimate of drug-likeness (QED) is 0.803. The lowest BCUT2D eigenvalue weighted by atomic mass is 10.1. The van der Waals surface area contributed by atoms with Gasteiger partial charge in [-0.1, -0.05) is 36.4 Å². The minimum Gasteiger partial charge on any atom is -0.480 e. The summed E-state index contributed by atoms with van der Waals surface area (Å²) in [5.41, 5.74) is 5.17. The minimum atomic E-state index is -0.926. The standard InChI is InChI=1S/C18H17N3O2/c1-12-8-9-15(19-13(12)2)16-10-17(14-6-4-3-5-7-14)21(20-16)11-18(22)23/h3-10H,11H2,1-2H3,(H,22,23). The van der Waals surface area contributed by atoms with Crippen molar-refractivity contribution in [2.45, 2.75) is 20.4 Å². The number of carboxylic acid groups (broad SMARTS) is 1. The number of benzene rings is 1. The number of carbonyl (C=O) groups is 1. The van der Waals surface area contributed by atoms with E-state index in [-0.39, 0.29) is 6.54 Å². The van der Waals surface area contributed by atoms with Crippen molar-refractivity contribution in [1.29, 1.82) is 0 Å². The smallest absolute Gasteiger partial charge is 0.325 e. The highest BCUT2D eigenvalue weighted by molar-refractivity contribution is 5.71. The molecule has 3 rings (SSSR count). The fourth-order valence-electron chi connectivity index (χ4n) is 2.41. The Morgan fingerprint density at radius 2 is 1.83 bits per heavy atom. The molecular weight excluding hydrogens is 290 g/mol. The van der Waals surface area contributed by atoms with E-state index in [9.17, 15) is 4.79 Å². The van der Waals surface area contributed by atoms with E-state index in [0.717, 1.165) is 28.2 Å². The lowest BCUT2D eigenvalue weighted by Gasteiger charge is -2.04. The summed E-state index contributed by atoms with van der Waals surface area (Å²) in [6, 6.07) is 15.4. The first-order valence-electron chi connectivity index (χ1n) is 7.34. The van der Waals surface area contributed by atoms with Crippen LogP contribution in [0.15, 0.2) is 48.5 Å². The van der Waals surface area contributed by atoms with E-state index in [2.05, 4.69) is 10.1 Å². The molecule has 1 N–H and O–H groups in total. The van der Waals surface area contributed by atoms with Gasteiger partial charge in [-0.25, -0.2) is 0 Å². The molecule has 0 spiro atoms. The van der Waals surface area contributed by atoms with E-state index >= 15 is 0 Å². The van der Waals surface area contributed by atoms with Gasteiger partial charge in [0.15, 0.2) is 0 Å². The predicted octanol–water partition coefficient (Wildman–Crippen LogP) is 3.31. The van der Waals surface area contributed by atoms with E-state index in [0.29, 0.717) is 5.69 Å². The van der Waals surface area contributed by atoms with Crippen LogP contribution in [0.25, 0.3) is 22.6 Å². The highest BCUT2D eigenvalue weighted by Crippen LogP contribution is 2.25. The van der Waals surface area contributed by atoms with Crippen LogP contribution in [-0.2, 0) is 11.3 Å². The molecule has 0 aliphatic rings. The number of aromatic nitrogens is 3. The van der Waals surface area contributed by atoms with Gasteiger partial charge in [0.05, 0.1) is 11.4 Å². The second kappa shape index (κ2) is 6.04. The van der Waals surface area contributed by atoms with Crippen molar-refractivity contribution >= 4 is 5.97 Å². The van der Waals surface area contributed by atoms with Gasteiger partial charge in [0.25, 0.3) is 0 Å². The molecule has 0 amide bonds. The van der Waals surface area contributed by atoms with Gasteiger partial charge in [-0.05, 0) is 37.1 Å². The number of pyridine rings is 1. The molecule has 2 heterocycles. The number of aliphatic carboxylic acids is 1. The molecule has 1 aromatic carbocycles. The molecule has 0 saturated carbocycles. The molecule has 0 fully saturated rings. The van der Waals surface area contributed by atoms with Crippen molar-refractivity contribution in [2.24, 2.45) is 0 Å². The zero-order valence-electron chi connectivity index (χ0n) is 13.0. The van der Waals surface area contributed by atoms with Crippen molar-refractivity contribution in [3.8, 4) is 22.6 Å². The molecule has 0 saturated heterocycles. The van der Waals surface area contributed by atoms with Gasteiger partial charge in [0, 0.05) is 5.69 Å². The zero-order valence-corrected chi connectivity index (χ0v) is 13.0. The van der Waals surface area contributed by atoms with Gasteiger partial charge in [0.2, 0.25) is 0 Å². The maximum Gasteiger partial charge on any atom is 0.325 e. The van der Waals surface area contributed by atoms with Crippen LogP contribution in [0.5, 0.6) is 0 Å². The number of aryl methyl sites for hydroxylation is 2. The normalized spacial score (nSPS) is 10.7. The summed E-state index contributed by atoms with van der Waals surface area (Å²) in [6.07, 6.45) is 0. The lowest BCUT2D eigenvalue weighted by Crippen LogP contribution is -2.11. The van der Waals surface area contributed by atoms with Crippen molar-refractivity contribution in [3.63, 3.8) is 0 Å². The van der Waals surface area contributed by atoms with E-state index in [4.69, 9.17) is 5.11 Å². The summed E-state index contributed by atoms with van der Waals surface area (Å²) in [7, 11) is 0. The maximum atomic E-state index is 11.1. The molecule has 0 aliphatic carbocycles. The summed E-state index contributed by atoms with van der Waals surface area (Å²) in [5, 5.41) is 13.6. The Kier molecular flexibility index (Phi) is 3.93. The summed E-state index contributed by atoms with van der Waals surface area (Å²) in [4.78, 5) is 15.7. The molecule has 116 valence electrons. The monoisotopic (exact) mass is 307 g/mol. The average molecular weight is 307 g/mol. The molecule has 5 heteroatoms. The van der Waals surface area contributed by atoms with Crippen LogP contribution in [0, 0.1) is 13.8 Å². The Morgan fingerprint density at radius 3 is 2.48 bits per heavy atom. The summed E-state index contributed by atoms with van der Waals surface area (Å²) >= 11 is 0. The van der Waals surface area contributed by atoms with Crippen molar-refractivity contribution in [2.75, 3.05) is 0 Å². The topological polar surface area (TPSA) is 68.0 Å². The Bertz CT molecular complexity index is 854. The molecule has 23 heavy (non-hydrogen) atoms. The van der Waals surface area contributed by atoms with E-state index in [1.807, 2.05) is 62.4 Å². The molecule has 0 atom stereocenters. The second-order valence-electron chi connectivity index (χ2n) is 5.43. The van der Waals surface area contributed by atoms with E-state index < -0.39 is 5.97 Å². The average Bonchev–Trinajstić information content (AvgIpc) is 2.94. The second-order valence-corrected chi connectivity index (χ2v) is 5.43. The number of nitrogens with zero attached hydrogens (tertiary/aromatic N) is 3. The minimum absolute atomic E-state index is 0.185. The third-order valence-electron chi connectivity index (χ3n) is 3.75. The molecule has 5 nitrogen and oxygen atoms in total. The van der Waals surface area contributed by atoms with Crippen LogP contribution in [0.4, 0.5) is 0 Å². The third kappa shape index (κ3) is 3.13. The first-order chi connectivity index (χ1) is 11.0. The van der Waals surface area contributed by atoms with E-state index in [1.54, 1.807) is 0 Å². The Morgan fingerprint density at radius 1 is 1.09 bits per heavy atom. The SMILES string of the molecule is Cc1ccc(-c2cc(-c3ccccc3)n(CC(=O)O)n2)nc1C. The number of rotatable bonds is 4. The number of hydrogen-bond donors (Lipinski definition) is 1. The van der Waals surface area contributed by atoms with Crippen LogP contribution in [0.1, 0.15) is 11.3 Å².